The van der Waals surface area contributed by atoms with Crippen LogP contribution in [0.15, 0.2) is 79.1 Å². The first kappa shape index (κ1) is 35.4. The van der Waals surface area contributed by atoms with Crippen molar-refractivity contribution in [2.24, 2.45) is 0 Å². The molecule has 3 aromatic carbocycles. The summed E-state index contributed by atoms with van der Waals surface area (Å²) in [6, 6.07) is 19.2. The Labute approximate surface area is 293 Å². The molecule has 4 N–H and O–H groups in total. The number of aromatic amines is 1. The van der Waals surface area contributed by atoms with E-state index in [2.05, 4.69) is 25.9 Å². The molecule has 0 fully saturated rings. The number of methoxy groups -OCH3 is 1. The van der Waals surface area contributed by atoms with Crippen molar-refractivity contribution in [3.8, 4) is 17.0 Å². The van der Waals surface area contributed by atoms with E-state index in [-0.39, 0.29) is 12.4 Å². The van der Waals surface area contributed by atoms with Gasteiger partial charge in [-0.3, -0.25) is 9.59 Å². The standard InChI is InChI=1S/C35H37Cl2FN8O3/c1-45(2)14-15-46(3)29-18-30(49-4)27(43-35-40-20-24(36)31(44-35)23-19-39-25-13-9-8-12-22(23)25)17-26(29)41-33(47)28(42-34(48)32(37)38)16-21-10-6-5-7-11-21/h5-13,17-20,28,32,39H,14-16H2,1-4H3,(H,41,47)(H,42,48)(H,40,43,44)/t28-,32?/m0/s1. The van der Waals surface area contributed by atoms with Gasteiger partial charge in [-0.15, -0.1) is 0 Å². The fourth-order valence-electron chi connectivity index (χ4n) is 5.24. The minimum Gasteiger partial charge on any atom is -0.494 e. The maximum atomic E-state index is 13.8. The summed E-state index contributed by atoms with van der Waals surface area (Å²) in [7, 11) is 7.36. The molecule has 0 saturated heterocycles. The minimum atomic E-state index is -2.32. The van der Waals surface area contributed by atoms with E-state index in [4.69, 9.17) is 32.9 Å². The van der Waals surface area contributed by atoms with Gasteiger partial charge in [0, 0.05) is 55.3 Å². The predicted octanol–water partition coefficient (Wildman–Crippen LogP) is 6.23. The molecule has 5 rings (SSSR count). The lowest BCUT2D eigenvalue weighted by Crippen LogP contribution is -2.47. The van der Waals surface area contributed by atoms with E-state index in [9.17, 15) is 14.0 Å². The van der Waals surface area contributed by atoms with Gasteiger partial charge in [-0.25, -0.2) is 14.4 Å². The van der Waals surface area contributed by atoms with Crippen LogP contribution in [0.1, 0.15) is 5.56 Å². The number of rotatable bonds is 14. The number of anilines is 4. The number of para-hydroxylation sites is 1. The Morgan fingerprint density at radius 1 is 1.00 bits per heavy atom. The number of likely N-dealkylation sites (N-methyl/N-ethyl adjacent to an activating group) is 2. The van der Waals surface area contributed by atoms with Gasteiger partial charge in [0.1, 0.15) is 11.8 Å². The van der Waals surface area contributed by atoms with Gasteiger partial charge >= 0.3 is 0 Å². The predicted molar refractivity (Wildman–Crippen MR) is 194 cm³/mol. The van der Waals surface area contributed by atoms with Gasteiger partial charge in [0.25, 0.3) is 11.5 Å². The van der Waals surface area contributed by atoms with Gasteiger partial charge in [0.2, 0.25) is 11.9 Å². The fraction of sp³-hybridized carbons (Fsp3) is 0.257. The number of fused-ring (bicyclic) bond motifs is 1. The highest BCUT2D eigenvalue weighted by Gasteiger charge is 2.26. The van der Waals surface area contributed by atoms with Crippen LogP contribution >= 0.6 is 23.2 Å². The van der Waals surface area contributed by atoms with Gasteiger partial charge in [-0.1, -0.05) is 71.7 Å². The van der Waals surface area contributed by atoms with Crippen LogP contribution in [0, 0.1) is 0 Å². The van der Waals surface area contributed by atoms with E-state index in [1.54, 1.807) is 12.1 Å². The van der Waals surface area contributed by atoms with E-state index in [1.165, 1.54) is 13.3 Å². The SMILES string of the molecule is COc1cc(N(C)CCN(C)C)c(NC(=O)[C@H](Cc2ccccc2)NC(=O)C(F)Cl)cc1Nc1ncc(Cl)c(-c2c[nH]c3ccccc23)n1. The summed E-state index contributed by atoms with van der Waals surface area (Å²) in [5.41, 5.74) is 2.20. The number of ether oxygens (including phenoxy) is 1. The number of H-pyrrole nitrogens is 1. The zero-order chi connectivity index (χ0) is 35.1. The lowest BCUT2D eigenvalue weighted by molar-refractivity contribution is -0.128. The van der Waals surface area contributed by atoms with Crippen LogP contribution in [0.3, 0.4) is 0 Å². The number of carbonyl (C=O) groups is 2. The van der Waals surface area contributed by atoms with E-state index in [1.807, 2.05) is 91.7 Å². The molecule has 5 aromatic rings. The van der Waals surface area contributed by atoms with Crippen molar-refractivity contribution < 1.29 is 18.7 Å². The van der Waals surface area contributed by atoms with Gasteiger partial charge in [-0.2, -0.15) is 0 Å². The molecule has 0 aliphatic rings. The maximum Gasteiger partial charge on any atom is 0.270 e. The number of amides is 2. The van der Waals surface area contributed by atoms with Crippen molar-refractivity contribution in [2.45, 2.75) is 18.1 Å². The molecule has 11 nitrogen and oxygen atoms in total. The molecule has 0 radical (unpaired) electrons. The summed E-state index contributed by atoms with van der Waals surface area (Å²) < 4.78 is 19.5. The number of carbonyl (C=O) groups excluding carboxylic acids is 2. The van der Waals surface area contributed by atoms with Crippen LogP contribution < -0.4 is 25.6 Å². The summed E-state index contributed by atoms with van der Waals surface area (Å²) in [6.07, 6.45) is 3.46. The zero-order valence-electron chi connectivity index (χ0n) is 27.4. The molecule has 2 heterocycles. The molecule has 0 saturated carbocycles. The van der Waals surface area contributed by atoms with Crippen LogP contribution in [0.4, 0.5) is 27.4 Å². The summed E-state index contributed by atoms with van der Waals surface area (Å²) in [4.78, 5) is 42.5. The number of benzene rings is 3. The molecule has 14 heteroatoms. The van der Waals surface area contributed by atoms with Crippen molar-refractivity contribution in [3.63, 3.8) is 0 Å². The van der Waals surface area contributed by atoms with Gasteiger partial charge < -0.3 is 35.5 Å². The first-order valence-electron chi connectivity index (χ1n) is 15.4. The third-order valence-electron chi connectivity index (χ3n) is 7.82. The maximum absolute atomic E-state index is 13.8. The van der Waals surface area contributed by atoms with Crippen molar-refractivity contribution in [1.82, 2.24) is 25.2 Å². The lowest BCUT2D eigenvalue weighted by atomic mass is 10.0. The summed E-state index contributed by atoms with van der Waals surface area (Å²) in [5.74, 6) is -0.992. The van der Waals surface area contributed by atoms with Crippen molar-refractivity contribution in [1.29, 1.82) is 0 Å². The van der Waals surface area contributed by atoms with E-state index in [0.717, 1.165) is 28.6 Å². The number of nitrogens with one attached hydrogen (secondary N) is 4. The van der Waals surface area contributed by atoms with E-state index >= 15 is 0 Å². The number of hydrogen-bond donors (Lipinski definition) is 4. The molecule has 2 amide bonds. The minimum absolute atomic E-state index is 0.102. The second-order valence-corrected chi connectivity index (χ2v) is 12.4. The topological polar surface area (TPSA) is 128 Å². The third-order valence-corrected chi connectivity index (χ3v) is 8.29. The Kier molecular flexibility index (Phi) is 11.6. The highest BCUT2D eigenvalue weighted by Crippen LogP contribution is 2.39. The highest BCUT2D eigenvalue weighted by atomic mass is 35.5. The van der Waals surface area contributed by atoms with E-state index in [0.29, 0.717) is 40.1 Å². The molecular weight excluding hydrogens is 670 g/mol. The average Bonchev–Trinajstić information content (AvgIpc) is 3.52. The third kappa shape index (κ3) is 8.77. The number of hydrogen-bond acceptors (Lipinski definition) is 8. The molecule has 2 atom stereocenters. The Morgan fingerprint density at radius 2 is 1.73 bits per heavy atom. The van der Waals surface area contributed by atoms with Crippen LogP contribution in [0.2, 0.25) is 5.02 Å². The smallest absolute Gasteiger partial charge is 0.270 e. The van der Waals surface area contributed by atoms with E-state index < -0.39 is 23.5 Å². The lowest BCUT2D eigenvalue weighted by Gasteiger charge is -2.27. The quantitative estimate of drug-likeness (QED) is 0.100. The number of alkyl halides is 2. The van der Waals surface area contributed by atoms with Gasteiger partial charge in [0.05, 0.1) is 41.1 Å². The molecule has 0 aliphatic heterocycles. The summed E-state index contributed by atoms with van der Waals surface area (Å²) in [6.45, 7) is 1.34. The fourth-order valence-corrected chi connectivity index (χ4v) is 5.50. The van der Waals surface area contributed by atoms with Gasteiger partial charge in [0.15, 0.2) is 0 Å². The number of halogens is 3. The van der Waals surface area contributed by atoms with Crippen molar-refractivity contribution >= 4 is 68.9 Å². The molecule has 49 heavy (non-hydrogen) atoms. The molecule has 2 aromatic heterocycles. The Hall–Kier alpha value is -4.91. The van der Waals surface area contributed by atoms with Crippen molar-refractivity contribution in [3.05, 3.63) is 89.7 Å². The molecular formula is C35H37Cl2FN8O3. The van der Waals surface area contributed by atoms with Crippen LogP contribution in [-0.2, 0) is 16.0 Å². The normalized spacial score (nSPS) is 12.4. The highest BCUT2D eigenvalue weighted by molar-refractivity contribution is 6.33. The Morgan fingerprint density at radius 3 is 2.45 bits per heavy atom. The molecule has 256 valence electrons. The Bertz CT molecular complexity index is 1920. The second kappa shape index (κ2) is 16.0. The van der Waals surface area contributed by atoms with Crippen LogP contribution in [0.5, 0.6) is 5.75 Å². The molecule has 0 spiro atoms. The Balaban J connectivity index is 1.51. The van der Waals surface area contributed by atoms with Gasteiger partial charge in [-0.05, 0) is 31.8 Å². The van der Waals surface area contributed by atoms with Crippen LogP contribution in [0.25, 0.3) is 22.2 Å². The molecule has 0 bridgehead atoms. The monoisotopic (exact) mass is 706 g/mol. The number of aromatic nitrogens is 3. The second-order valence-electron chi connectivity index (χ2n) is 11.6. The summed E-state index contributed by atoms with van der Waals surface area (Å²) >= 11 is 12.0. The average molecular weight is 708 g/mol. The van der Waals surface area contributed by atoms with Crippen LogP contribution in [-0.4, -0.2) is 84.7 Å². The molecule has 0 aliphatic carbocycles. The number of nitrogens with zero attached hydrogens (tertiary/aromatic N) is 4. The zero-order valence-corrected chi connectivity index (χ0v) is 28.9. The molecule has 1 unspecified atom stereocenters. The largest absolute Gasteiger partial charge is 0.494 e. The first-order chi connectivity index (χ1) is 23.5. The van der Waals surface area contributed by atoms with Crippen molar-refractivity contribution in [2.75, 3.05) is 56.9 Å². The summed E-state index contributed by atoms with van der Waals surface area (Å²) in [5, 5.41) is 9.92. The first-order valence-corrected chi connectivity index (χ1v) is 16.2.